The number of amides is 4. The van der Waals surface area contributed by atoms with Crippen molar-refractivity contribution in [3.8, 4) is 0 Å². The first kappa shape index (κ1) is 25.7. The number of rotatable bonds is 5. The first-order chi connectivity index (χ1) is 17.3. The summed E-state index contributed by atoms with van der Waals surface area (Å²) in [4.78, 5) is 54.8. The van der Waals surface area contributed by atoms with E-state index in [1.165, 1.54) is 11.8 Å². The quantitative estimate of drug-likeness (QED) is 0.348. The van der Waals surface area contributed by atoms with Crippen LogP contribution in [-0.4, -0.2) is 89.2 Å². The van der Waals surface area contributed by atoms with Crippen LogP contribution >= 0.6 is 0 Å². The first-order valence-corrected chi connectivity index (χ1v) is 12.6. The van der Waals surface area contributed by atoms with Gasteiger partial charge in [-0.15, -0.1) is 0 Å². The van der Waals surface area contributed by atoms with E-state index in [1.807, 2.05) is 35.2 Å². The molecule has 11 heteroatoms. The lowest BCUT2D eigenvalue weighted by atomic mass is 9.68. The zero-order chi connectivity index (χ0) is 25.8. The molecule has 2 aliphatic heterocycles. The van der Waals surface area contributed by atoms with Crippen LogP contribution in [0.15, 0.2) is 30.3 Å². The molecule has 0 radical (unpaired) electrons. The largest absolute Gasteiger partial charge is 0.465 e. The number of carbonyl (C=O) groups excluding carboxylic acids is 3. The fourth-order valence-electron chi connectivity index (χ4n) is 6.20. The van der Waals surface area contributed by atoms with Crippen molar-refractivity contribution in [1.82, 2.24) is 20.6 Å². The topological polar surface area (TPSA) is 143 Å². The zero-order valence-electron chi connectivity index (χ0n) is 20.5. The number of likely N-dealkylation sites (tertiary alicyclic amines) is 1. The van der Waals surface area contributed by atoms with E-state index in [2.05, 4.69) is 10.2 Å². The summed E-state index contributed by atoms with van der Waals surface area (Å²) in [6, 6.07) is 9.68. The van der Waals surface area contributed by atoms with Crippen molar-refractivity contribution >= 4 is 29.5 Å². The number of carboxylic acid groups (broad SMARTS) is 1. The molecular weight excluding hydrogens is 466 g/mol. The Labute approximate surface area is 210 Å². The van der Waals surface area contributed by atoms with Gasteiger partial charge in [-0.1, -0.05) is 18.2 Å². The summed E-state index contributed by atoms with van der Waals surface area (Å²) in [6.07, 6.45) is 0.415. The van der Waals surface area contributed by atoms with Crippen LogP contribution in [0.1, 0.15) is 26.2 Å². The van der Waals surface area contributed by atoms with Gasteiger partial charge >= 0.3 is 6.09 Å². The molecule has 5 atom stereocenters. The molecule has 1 unspecified atom stereocenters. The van der Waals surface area contributed by atoms with E-state index < -0.39 is 23.8 Å². The van der Waals surface area contributed by atoms with Gasteiger partial charge in [-0.05, 0) is 37.3 Å². The smallest absolute Gasteiger partial charge is 0.407 e. The normalized spacial score (nSPS) is 28.5. The zero-order valence-corrected chi connectivity index (χ0v) is 20.5. The fourth-order valence-corrected chi connectivity index (χ4v) is 6.20. The molecule has 0 spiro atoms. The Balaban J connectivity index is 1.43. The first-order valence-electron chi connectivity index (χ1n) is 12.6. The lowest BCUT2D eigenvalue weighted by molar-refractivity contribution is -0.148. The Bertz CT molecular complexity index is 967. The molecule has 36 heavy (non-hydrogen) atoms. The van der Waals surface area contributed by atoms with Gasteiger partial charge in [0.2, 0.25) is 17.7 Å². The van der Waals surface area contributed by atoms with Crippen LogP contribution in [-0.2, 0) is 14.4 Å². The van der Waals surface area contributed by atoms with Crippen LogP contribution in [0, 0.1) is 23.7 Å². The highest BCUT2D eigenvalue weighted by Crippen LogP contribution is 2.42. The molecule has 2 heterocycles. The minimum Gasteiger partial charge on any atom is -0.465 e. The molecule has 1 aliphatic carbocycles. The summed E-state index contributed by atoms with van der Waals surface area (Å²) >= 11 is 0. The van der Waals surface area contributed by atoms with E-state index in [0.29, 0.717) is 45.4 Å². The van der Waals surface area contributed by atoms with Gasteiger partial charge in [0.25, 0.3) is 0 Å². The van der Waals surface area contributed by atoms with Gasteiger partial charge in [0.05, 0.1) is 12.0 Å². The summed E-state index contributed by atoms with van der Waals surface area (Å²) in [6.45, 7) is 4.37. The molecule has 1 aromatic rings. The molecule has 196 valence electrons. The molecule has 0 aromatic heterocycles. The molecule has 0 bridgehead atoms. The molecule has 1 aromatic carbocycles. The monoisotopic (exact) mass is 501 g/mol. The molecule has 1 saturated carbocycles. The molecule has 3 aliphatic rings. The average molecular weight is 502 g/mol. The number of anilines is 1. The van der Waals surface area contributed by atoms with Crippen LogP contribution in [0.25, 0.3) is 0 Å². The number of para-hydroxylation sites is 1. The van der Waals surface area contributed by atoms with Gasteiger partial charge in [-0.3, -0.25) is 19.6 Å². The maximum Gasteiger partial charge on any atom is 0.407 e. The van der Waals surface area contributed by atoms with Crippen molar-refractivity contribution in [2.75, 3.05) is 44.2 Å². The number of hydrogen-bond donors (Lipinski definition) is 4. The van der Waals surface area contributed by atoms with Crippen LogP contribution < -0.4 is 15.7 Å². The number of hydroxylamine groups is 1. The molecule has 4 N–H and O–H groups in total. The van der Waals surface area contributed by atoms with E-state index in [0.717, 1.165) is 5.69 Å². The van der Waals surface area contributed by atoms with Crippen LogP contribution in [0.5, 0.6) is 0 Å². The van der Waals surface area contributed by atoms with E-state index in [-0.39, 0.29) is 42.8 Å². The van der Waals surface area contributed by atoms with Gasteiger partial charge in [0.15, 0.2) is 0 Å². The minimum absolute atomic E-state index is 0.0625. The predicted octanol–water partition coefficient (Wildman–Crippen LogP) is 0.988. The maximum atomic E-state index is 13.5. The highest BCUT2D eigenvalue weighted by molar-refractivity contribution is 5.87. The highest BCUT2D eigenvalue weighted by Gasteiger charge is 2.47. The van der Waals surface area contributed by atoms with Gasteiger partial charge in [0, 0.05) is 63.7 Å². The van der Waals surface area contributed by atoms with Crippen molar-refractivity contribution in [1.29, 1.82) is 0 Å². The number of benzene rings is 1. The van der Waals surface area contributed by atoms with E-state index in [1.54, 1.807) is 5.48 Å². The Morgan fingerprint density at radius 2 is 1.61 bits per heavy atom. The highest BCUT2D eigenvalue weighted by atomic mass is 16.5. The standard InChI is InChI=1S/C25H35N5O6/c1-16(31)26-22-15-30(25(34)35)14-21(22)17-7-8-19(20(13-17)23(32)27-36)24(33)29-11-9-28(10-12-29)18-5-3-2-4-6-18/h2-6,17,19-22,36H,7-15H2,1H3,(H,26,31)(H,27,32)(H,34,35)/t17-,19+,20+,21?,22-/m1/s1. The Kier molecular flexibility index (Phi) is 7.97. The number of nitrogens with one attached hydrogen (secondary N) is 2. The average Bonchev–Trinajstić information content (AvgIpc) is 3.31. The second-order valence-electron chi connectivity index (χ2n) is 10.1. The summed E-state index contributed by atoms with van der Waals surface area (Å²) < 4.78 is 0. The van der Waals surface area contributed by atoms with Crippen molar-refractivity contribution in [2.24, 2.45) is 23.7 Å². The maximum absolute atomic E-state index is 13.5. The lowest BCUT2D eigenvalue weighted by Crippen LogP contribution is -2.53. The second-order valence-corrected chi connectivity index (χ2v) is 10.1. The number of piperazine rings is 1. The summed E-state index contributed by atoms with van der Waals surface area (Å²) in [7, 11) is 0. The third-order valence-corrected chi connectivity index (χ3v) is 8.00. The third kappa shape index (κ3) is 5.56. The summed E-state index contributed by atoms with van der Waals surface area (Å²) in [5.74, 6) is -2.40. The molecule has 2 saturated heterocycles. The fraction of sp³-hybridized carbons (Fsp3) is 0.600. The molecule has 11 nitrogen and oxygen atoms in total. The van der Waals surface area contributed by atoms with Crippen LogP contribution in [0.3, 0.4) is 0 Å². The van der Waals surface area contributed by atoms with Gasteiger partial charge in [0.1, 0.15) is 0 Å². The van der Waals surface area contributed by atoms with Crippen molar-refractivity contribution < 1.29 is 29.5 Å². The SMILES string of the molecule is CC(=O)N[C@@H]1CN(C(=O)O)CC1[C@@H]1CC[C@H](C(=O)N2CCN(c3ccccc3)CC2)[C@@H](C(=O)NO)C1. The number of nitrogens with zero attached hydrogens (tertiary/aromatic N) is 3. The van der Waals surface area contributed by atoms with Gasteiger partial charge in [-0.2, -0.15) is 0 Å². The predicted molar refractivity (Wildman–Crippen MR) is 130 cm³/mol. The van der Waals surface area contributed by atoms with E-state index in [9.17, 15) is 29.5 Å². The molecule has 3 fully saturated rings. The minimum atomic E-state index is -1.05. The van der Waals surface area contributed by atoms with Gasteiger partial charge < -0.3 is 25.1 Å². The number of carbonyl (C=O) groups is 4. The Hall–Kier alpha value is -3.34. The Morgan fingerprint density at radius 1 is 0.917 bits per heavy atom. The second kappa shape index (κ2) is 11.2. The lowest BCUT2D eigenvalue weighted by Gasteiger charge is -2.42. The summed E-state index contributed by atoms with van der Waals surface area (Å²) in [5.41, 5.74) is 2.85. The van der Waals surface area contributed by atoms with Crippen molar-refractivity contribution in [3.63, 3.8) is 0 Å². The Morgan fingerprint density at radius 3 is 2.22 bits per heavy atom. The van der Waals surface area contributed by atoms with Crippen LogP contribution in [0.4, 0.5) is 10.5 Å². The van der Waals surface area contributed by atoms with E-state index in [4.69, 9.17) is 0 Å². The van der Waals surface area contributed by atoms with Crippen molar-refractivity contribution in [2.45, 2.75) is 32.2 Å². The third-order valence-electron chi connectivity index (χ3n) is 8.00. The molecule has 4 amide bonds. The van der Waals surface area contributed by atoms with Crippen LogP contribution in [0.2, 0.25) is 0 Å². The van der Waals surface area contributed by atoms with Gasteiger partial charge in [-0.25, -0.2) is 10.3 Å². The van der Waals surface area contributed by atoms with E-state index >= 15 is 0 Å². The molecular formula is C25H35N5O6. The molecule has 4 rings (SSSR count). The summed E-state index contributed by atoms with van der Waals surface area (Å²) in [5, 5.41) is 21.8. The number of hydrogen-bond acceptors (Lipinski definition) is 6. The van der Waals surface area contributed by atoms with Crippen molar-refractivity contribution in [3.05, 3.63) is 30.3 Å².